The molecule has 0 unspecified atom stereocenters. The second-order valence-corrected chi connectivity index (χ2v) is 2.88. The van der Waals surface area contributed by atoms with Crippen molar-refractivity contribution in [1.82, 2.24) is 9.97 Å². The minimum atomic E-state index is 0.549. The second-order valence-electron chi connectivity index (χ2n) is 2.88. The summed E-state index contributed by atoms with van der Waals surface area (Å²) in [5.74, 6) is 0. The number of nitrogens with one attached hydrogen (secondary N) is 1. The molecule has 64 valence electrons. The molecule has 1 N–H and O–H groups in total. The Kier molecular flexibility index (Phi) is 1.77. The number of benzene rings is 1. The van der Waals surface area contributed by atoms with E-state index in [0.29, 0.717) is 5.71 Å². The van der Waals surface area contributed by atoms with E-state index >= 15 is 0 Å². The van der Waals surface area contributed by atoms with Crippen LogP contribution in [0.4, 0.5) is 0 Å². The molecule has 2 rings (SSSR count). The molecule has 0 aliphatic carbocycles. The van der Waals surface area contributed by atoms with E-state index in [1.165, 1.54) is 0 Å². The Bertz CT molecular complexity index is 462. The van der Waals surface area contributed by atoms with Gasteiger partial charge in [0.2, 0.25) is 0 Å². The van der Waals surface area contributed by atoms with Crippen molar-refractivity contribution in [2.75, 3.05) is 0 Å². The largest absolute Gasteiger partial charge is 0.305 e. The van der Waals surface area contributed by atoms with Crippen molar-refractivity contribution in [2.45, 2.75) is 6.92 Å². The fraction of sp³-hybridized carbons (Fsp3) is 0.100. The van der Waals surface area contributed by atoms with Gasteiger partial charge >= 0.3 is 0 Å². The van der Waals surface area contributed by atoms with Gasteiger partial charge in [0.1, 0.15) is 0 Å². The molecule has 3 nitrogen and oxygen atoms in total. The van der Waals surface area contributed by atoms with Crippen LogP contribution < -0.4 is 0 Å². The van der Waals surface area contributed by atoms with Gasteiger partial charge in [0.15, 0.2) is 0 Å². The SMILES string of the molecule is CC(=N)c1ccc2nccnc2c1. The maximum absolute atomic E-state index is 7.46. The third kappa shape index (κ3) is 1.40. The highest BCUT2D eigenvalue weighted by Gasteiger charge is 1.98. The highest BCUT2D eigenvalue weighted by molar-refractivity contribution is 5.98. The predicted molar refractivity (Wildman–Crippen MR) is 52.0 cm³/mol. The summed E-state index contributed by atoms with van der Waals surface area (Å²) < 4.78 is 0. The van der Waals surface area contributed by atoms with Gasteiger partial charge in [-0.2, -0.15) is 0 Å². The standard InChI is InChI=1S/C10H9N3/c1-7(11)8-2-3-9-10(6-8)13-5-4-12-9/h2-6,11H,1H3. The minimum Gasteiger partial charge on any atom is -0.305 e. The summed E-state index contributed by atoms with van der Waals surface area (Å²) in [6.07, 6.45) is 3.32. The Morgan fingerprint density at radius 2 is 1.85 bits per heavy atom. The van der Waals surface area contributed by atoms with Crippen molar-refractivity contribution in [1.29, 1.82) is 5.41 Å². The van der Waals surface area contributed by atoms with Crippen LogP contribution in [-0.4, -0.2) is 15.7 Å². The van der Waals surface area contributed by atoms with Gasteiger partial charge in [0.25, 0.3) is 0 Å². The van der Waals surface area contributed by atoms with Crippen molar-refractivity contribution in [3.63, 3.8) is 0 Å². The number of fused-ring (bicyclic) bond motifs is 1. The Morgan fingerprint density at radius 3 is 2.54 bits per heavy atom. The number of nitrogens with zero attached hydrogens (tertiary/aromatic N) is 2. The lowest BCUT2D eigenvalue weighted by Crippen LogP contribution is -1.92. The zero-order valence-corrected chi connectivity index (χ0v) is 7.28. The zero-order valence-electron chi connectivity index (χ0n) is 7.28. The van der Waals surface area contributed by atoms with Gasteiger partial charge in [-0.1, -0.05) is 6.07 Å². The normalized spacial score (nSPS) is 10.2. The Morgan fingerprint density at radius 1 is 1.15 bits per heavy atom. The molecule has 0 aliphatic rings. The molecule has 0 amide bonds. The lowest BCUT2D eigenvalue weighted by atomic mass is 10.1. The quantitative estimate of drug-likeness (QED) is 0.667. The summed E-state index contributed by atoms with van der Waals surface area (Å²) in [6.45, 7) is 1.76. The summed E-state index contributed by atoms with van der Waals surface area (Å²) in [5, 5.41) is 7.46. The Hall–Kier alpha value is -1.77. The summed E-state index contributed by atoms with van der Waals surface area (Å²) in [7, 11) is 0. The van der Waals surface area contributed by atoms with E-state index in [0.717, 1.165) is 16.6 Å². The van der Waals surface area contributed by atoms with Crippen LogP contribution >= 0.6 is 0 Å². The summed E-state index contributed by atoms with van der Waals surface area (Å²) in [5.41, 5.74) is 3.15. The monoisotopic (exact) mass is 171 g/mol. The Labute approximate surface area is 76.0 Å². The highest BCUT2D eigenvalue weighted by atomic mass is 14.8. The minimum absolute atomic E-state index is 0.549. The summed E-state index contributed by atoms with van der Waals surface area (Å²) >= 11 is 0. The highest BCUT2D eigenvalue weighted by Crippen LogP contribution is 2.10. The van der Waals surface area contributed by atoms with Crippen molar-refractivity contribution >= 4 is 16.7 Å². The first-order valence-electron chi connectivity index (χ1n) is 4.03. The molecule has 1 aromatic carbocycles. The van der Waals surface area contributed by atoms with Crippen LogP contribution in [0.25, 0.3) is 11.0 Å². The molecule has 13 heavy (non-hydrogen) atoms. The lowest BCUT2D eigenvalue weighted by molar-refractivity contribution is 1.29. The molecular weight excluding hydrogens is 162 g/mol. The van der Waals surface area contributed by atoms with Crippen LogP contribution in [0.15, 0.2) is 30.6 Å². The van der Waals surface area contributed by atoms with Crippen molar-refractivity contribution in [3.8, 4) is 0 Å². The van der Waals surface area contributed by atoms with E-state index in [2.05, 4.69) is 9.97 Å². The first kappa shape index (κ1) is 7.86. The van der Waals surface area contributed by atoms with Crippen LogP contribution in [0.5, 0.6) is 0 Å². The van der Waals surface area contributed by atoms with E-state index in [-0.39, 0.29) is 0 Å². The lowest BCUT2D eigenvalue weighted by Gasteiger charge is -1.99. The zero-order chi connectivity index (χ0) is 9.26. The maximum Gasteiger partial charge on any atom is 0.0893 e. The van der Waals surface area contributed by atoms with E-state index < -0.39 is 0 Å². The maximum atomic E-state index is 7.46. The molecule has 0 atom stereocenters. The second kappa shape index (κ2) is 2.94. The number of aromatic nitrogens is 2. The van der Waals surface area contributed by atoms with E-state index in [4.69, 9.17) is 5.41 Å². The average molecular weight is 171 g/mol. The predicted octanol–water partition coefficient (Wildman–Crippen LogP) is 2.02. The Balaban J connectivity index is 2.69. The van der Waals surface area contributed by atoms with Gasteiger partial charge in [0, 0.05) is 18.1 Å². The van der Waals surface area contributed by atoms with Gasteiger partial charge in [-0.15, -0.1) is 0 Å². The molecule has 3 heteroatoms. The van der Waals surface area contributed by atoms with Gasteiger partial charge in [-0.3, -0.25) is 9.97 Å². The van der Waals surface area contributed by atoms with Gasteiger partial charge < -0.3 is 5.41 Å². The first-order chi connectivity index (χ1) is 6.27. The van der Waals surface area contributed by atoms with E-state index in [1.54, 1.807) is 19.3 Å². The van der Waals surface area contributed by atoms with E-state index in [1.807, 2.05) is 18.2 Å². The molecule has 0 saturated carbocycles. The van der Waals surface area contributed by atoms with Crippen LogP contribution in [0.3, 0.4) is 0 Å². The molecule has 0 saturated heterocycles. The van der Waals surface area contributed by atoms with E-state index in [9.17, 15) is 0 Å². The molecule has 0 radical (unpaired) electrons. The van der Waals surface area contributed by atoms with Crippen LogP contribution in [-0.2, 0) is 0 Å². The molecule has 0 aliphatic heterocycles. The first-order valence-corrected chi connectivity index (χ1v) is 4.03. The number of hydrogen-bond acceptors (Lipinski definition) is 3. The summed E-state index contributed by atoms with van der Waals surface area (Å²) in [6, 6.07) is 5.65. The molecular formula is C10H9N3. The smallest absolute Gasteiger partial charge is 0.0893 e. The fourth-order valence-corrected chi connectivity index (χ4v) is 1.20. The molecule has 0 spiro atoms. The van der Waals surface area contributed by atoms with Gasteiger partial charge in [-0.25, -0.2) is 0 Å². The van der Waals surface area contributed by atoms with Crippen LogP contribution in [0, 0.1) is 5.41 Å². The van der Waals surface area contributed by atoms with Gasteiger partial charge in [0.05, 0.1) is 11.0 Å². The number of hydrogen-bond donors (Lipinski definition) is 1. The molecule has 1 aromatic heterocycles. The van der Waals surface area contributed by atoms with Crippen molar-refractivity contribution in [2.24, 2.45) is 0 Å². The third-order valence-corrected chi connectivity index (χ3v) is 1.90. The third-order valence-electron chi connectivity index (χ3n) is 1.90. The molecule has 2 aromatic rings. The summed E-state index contributed by atoms with van der Waals surface area (Å²) in [4.78, 5) is 8.31. The molecule has 0 fully saturated rings. The topological polar surface area (TPSA) is 49.6 Å². The van der Waals surface area contributed by atoms with Crippen LogP contribution in [0.2, 0.25) is 0 Å². The number of rotatable bonds is 1. The van der Waals surface area contributed by atoms with Crippen molar-refractivity contribution in [3.05, 3.63) is 36.2 Å². The average Bonchev–Trinajstić information content (AvgIpc) is 2.17. The van der Waals surface area contributed by atoms with Crippen molar-refractivity contribution < 1.29 is 0 Å². The fourth-order valence-electron chi connectivity index (χ4n) is 1.20. The van der Waals surface area contributed by atoms with Crippen LogP contribution in [0.1, 0.15) is 12.5 Å². The van der Waals surface area contributed by atoms with Gasteiger partial charge in [-0.05, 0) is 24.6 Å². The molecule has 0 bridgehead atoms. The molecule has 1 heterocycles.